The standard InChI is InChI=1S/C12H15Br2NO/c1-8(9-4-5-16-7-9)15-12-3-2-10(13)6-11(12)14/h2-3,6,8-9,15H,4-5,7H2,1H3. The van der Waals surface area contributed by atoms with Crippen LogP contribution in [0.2, 0.25) is 0 Å². The quantitative estimate of drug-likeness (QED) is 0.889. The van der Waals surface area contributed by atoms with Gasteiger partial charge in [-0.05, 0) is 47.5 Å². The lowest BCUT2D eigenvalue weighted by molar-refractivity contribution is 0.183. The highest BCUT2D eigenvalue weighted by Crippen LogP contribution is 2.28. The topological polar surface area (TPSA) is 21.3 Å². The van der Waals surface area contributed by atoms with Crippen LogP contribution in [0.5, 0.6) is 0 Å². The summed E-state index contributed by atoms with van der Waals surface area (Å²) >= 11 is 7.01. The molecule has 2 unspecified atom stereocenters. The van der Waals surface area contributed by atoms with Crippen molar-refractivity contribution in [1.82, 2.24) is 0 Å². The molecular weight excluding hydrogens is 334 g/mol. The first-order valence-electron chi connectivity index (χ1n) is 5.46. The molecular formula is C12H15Br2NO. The smallest absolute Gasteiger partial charge is 0.0514 e. The minimum absolute atomic E-state index is 0.444. The summed E-state index contributed by atoms with van der Waals surface area (Å²) in [5, 5.41) is 3.53. The van der Waals surface area contributed by atoms with Crippen LogP contribution in [0, 0.1) is 5.92 Å². The van der Waals surface area contributed by atoms with Crippen LogP contribution in [0.25, 0.3) is 0 Å². The Balaban J connectivity index is 2.02. The molecule has 1 fully saturated rings. The van der Waals surface area contributed by atoms with Crippen molar-refractivity contribution in [2.75, 3.05) is 18.5 Å². The molecule has 0 aromatic heterocycles. The van der Waals surface area contributed by atoms with E-state index in [0.717, 1.165) is 34.3 Å². The van der Waals surface area contributed by atoms with Crippen molar-refractivity contribution >= 4 is 37.5 Å². The maximum Gasteiger partial charge on any atom is 0.0514 e. The molecule has 1 heterocycles. The Morgan fingerprint density at radius 3 is 2.88 bits per heavy atom. The minimum atomic E-state index is 0.444. The number of nitrogens with one attached hydrogen (secondary N) is 1. The SMILES string of the molecule is CC(Nc1ccc(Br)cc1Br)C1CCOC1. The maximum atomic E-state index is 5.41. The Morgan fingerprint density at radius 2 is 2.25 bits per heavy atom. The maximum absolute atomic E-state index is 5.41. The zero-order valence-electron chi connectivity index (χ0n) is 9.17. The lowest BCUT2D eigenvalue weighted by atomic mass is 10.0. The number of hydrogen-bond acceptors (Lipinski definition) is 2. The van der Waals surface area contributed by atoms with E-state index in [-0.39, 0.29) is 0 Å². The lowest BCUT2D eigenvalue weighted by Crippen LogP contribution is -2.26. The monoisotopic (exact) mass is 347 g/mol. The van der Waals surface area contributed by atoms with Crippen molar-refractivity contribution in [2.45, 2.75) is 19.4 Å². The second-order valence-corrected chi connectivity index (χ2v) is 5.95. The molecule has 4 heteroatoms. The van der Waals surface area contributed by atoms with E-state index in [1.54, 1.807) is 0 Å². The highest BCUT2D eigenvalue weighted by atomic mass is 79.9. The number of ether oxygens (including phenoxy) is 1. The van der Waals surface area contributed by atoms with Crippen LogP contribution in [0.1, 0.15) is 13.3 Å². The molecule has 1 saturated heterocycles. The summed E-state index contributed by atoms with van der Waals surface area (Å²) in [7, 11) is 0. The Labute approximate surface area is 113 Å². The van der Waals surface area contributed by atoms with Gasteiger partial charge in [0.1, 0.15) is 0 Å². The summed E-state index contributed by atoms with van der Waals surface area (Å²) in [5.74, 6) is 0.621. The second-order valence-electron chi connectivity index (χ2n) is 4.18. The number of anilines is 1. The van der Waals surface area contributed by atoms with Gasteiger partial charge in [0.25, 0.3) is 0 Å². The molecule has 2 rings (SSSR count). The molecule has 1 aliphatic heterocycles. The van der Waals surface area contributed by atoms with Crippen molar-refractivity contribution in [3.05, 3.63) is 27.1 Å². The van der Waals surface area contributed by atoms with Crippen LogP contribution in [-0.2, 0) is 4.74 Å². The highest BCUT2D eigenvalue weighted by Gasteiger charge is 2.22. The molecule has 0 radical (unpaired) electrons. The summed E-state index contributed by atoms with van der Waals surface area (Å²) in [6, 6.07) is 6.63. The molecule has 1 aromatic carbocycles. The largest absolute Gasteiger partial charge is 0.381 e. The van der Waals surface area contributed by atoms with Gasteiger partial charge in [0.2, 0.25) is 0 Å². The lowest BCUT2D eigenvalue weighted by Gasteiger charge is -2.21. The van der Waals surface area contributed by atoms with E-state index in [9.17, 15) is 0 Å². The Bertz CT molecular complexity index is 364. The summed E-state index contributed by atoms with van der Waals surface area (Å²) < 4.78 is 7.58. The average Bonchev–Trinajstić information content (AvgIpc) is 2.75. The fourth-order valence-corrected chi connectivity index (χ4v) is 3.08. The molecule has 0 amide bonds. The van der Waals surface area contributed by atoms with Crippen molar-refractivity contribution < 1.29 is 4.74 Å². The predicted octanol–water partition coefficient (Wildman–Crippen LogP) is 4.05. The van der Waals surface area contributed by atoms with E-state index < -0.39 is 0 Å². The molecule has 1 N–H and O–H groups in total. The van der Waals surface area contributed by atoms with Crippen LogP contribution >= 0.6 is 31.9 Å². The molecule has 1 aromatic rings. The second kappa shape index (κ2) is 5.52. The molecule has 16 heavy (non-hydrogen) atoms. The van der Waals surface area contributed by atoms with Crippen LogP contribution in [-0.4, -0.2) is 19.3 Å². The number of hydrogen-bond donors (Lipinski definition) is 1. The number of benzene rings is 1. The van der Waals surface area contributed by atoms with Crippen LogP contribution in [0.3, 0.4) is 0 Å². The molecule has 2 atom stereocenters. The fraction of sp³-hybridized carbons (Fsp3) is 0.500. The molecule has 0 aliphatic carbocycles. The molecule has 0 bridgehead atoms. The Kier molecular flexibility index (Phi) is 4.27. The first-order valence-corrected chi connectivity index (χ1v) is 7.05. The van der Waals surface area contributed by atoms with Crippen molar-refractivity contribution in [2.24, 2.45) is 5.92 Å². The van der Waals surface area contributed by atoms with E-state index >= 15 is 0 Å². The number of rotatable bonds is 3. The summed E-state index contributed by atoms with van der Waals surface area (Å²) in [5.41, 5.74) is 1.14. The average molecular weight is 349 g/mol. The fourth-order valence-electron chi connectivity index (χ4n) is 1.92. The highest BCUT2D eigenvalue weighted by molar-refractivity contribution is 9.11. The molecule has 1 aliphatic rings. The van der Waals surface area contributed by atoms with Gasteiger partial charge in [0.05, 0.1) is 6.61 Å². The van der Waals surface area contributed by atoms with Gasteiger partial charge in [-0.3, -0.25) is 0 Å². The third kappa shape index (κ3) is 2.99. The van der Waals surface area contributed by atoms with Crippen LogP contribution in [0.4, 0.5) is 5.69 Å². The number of halogens is 2. The molecule has 0 saturated carbocycles. The van der Waals surface area contributed by atoms with Crippen LogP contribution in [0.15, 0.2) is 27.1 Å². The van der Waals surface area contributed by atoms with Gasteiger partial charge in [-0.15, -0.1) is 0 Å². The summed E-state index contributed by atoms with van der Waals surface area (Å²) in [6.45, 7) is 3.99. The first-order chi connectivity index (χ1) is 7.66. The van der Waals surface area contributed by atoms with E-state index in [4.69, 9.17) is 4.74 Å². The van der Waals surface area contributed by atoms with Crippen molar-refractivity contribution in [1.29, 1.82) is 0 Å². The normalized spacial score (nSPS) is 22.1. The third-order valence-electron chi connectivity index (χ3n) is 2.99. The Hall–Kier alpha value is -0.0600. The predicted molar refractivity (Wildman–Crippen MR) is 73.9 cm³/mol. The van der Waals surface area contributed by atoms with Crippen LogP contribution < -0.4 is 5.32 Å². The zero-order chi connectivity index (χ0) is 11.5. The Morgan fingerprint density at radius 1 is 1.44 bits per heavy atom. The molecule has 2 nitrogen and oxygen atoms in total. The molecule has 88 valence electrons. The minimum Gasteiger partial charge on any atom is -0.381 e. The summed E-state index contributed by atoms with van der Waals surface area (Å²) in [4.78, 5) is 0. The van der Waals surface area contributed by atoms with Gasteiger partial charge in [-0.1, -0.05) is 15.9 Å². The third-order valence-corrected chi connectivity index (χ3v) is 4.14. The van der Waals surface area contributed by atoms with E-state index in [2.05, 4.69) is 56.2 Å². The van der Waals surface area contributed by atoms with Gasteiger partial charge in [0.15, 0.2) is 0 Å². The van der Waals surface area contributed by atoms with Gasteiger partial charge >= 0.3 is 0 Å². The van der Waals surface area contributed by atoms with E-state index in [1.807, 2.05) is 6.07 Å². The van der Waals surface area contributed by atoms with E-state index in [1.165, 1.54) is 0 Å². The van der Waals surface area contributed by atoms with Gasteiger partial charge in [0, 0.05) is 33.2 Å². The zero-order valence-corrected chi connectivity index (χ0v) is 12.3. The summed E-state index contributed by atoms with van der Waals surface area (Å²) in [6.07, 6.45) is 1.16. The van der Waals surface area contributed by atoms with Gasteiger partial charge < -0.3 is 10.1 Å². The van der Waals surface area contributed by atoms with Gasteiger partial charge in [-0.25, -0.2) is 0 Å². The van der Waals surface area contributed by atoms with Crippen molar-refractivity contribution in [3.63, 3.8) is 0 Å². The van der Waals surface area contributed by atoms with E-state index in [0.29, 0.717) is 12.0 Å². The molecule has 0 spiro atoms. The first kappa shape index (κ1) is 12.4. The van der Waals surface area contributed by atoms with Gasteiger partial charge in [-0.2, -0.15) is 0 Å². The van der Waals surface area contributed by atoms with Crippen molar-refractivity contribution in [3.8, 4) is 0 Å².